The second-order valence-electron chi connectivity index (χ2n) is 10.0. The molecule has 0 atom stereocenters. The van der Waals surface area contributed by atoms with E-state index in [2.05, 4.69) is 24.6 Å². The Labute approximate surface area is 211 Å². The number of hydrogen-bond acceptors (Lipinski definition) is 7. The highest BCUT2D eigenvalue weighted by molar-refractivity contribution is 6.76. The van der Waals surface area contributed by atoms with E-state index in [9.17, 15) is 9.59 Å². The highest BCUT2D eigenvalue weighted by atomic mass is 28.3. The predicted molar refractivity (Wildman–Crippen MR) is 141 cm³/mol. The van der Waals surface area contributed by atoms with Gasteiger partial charge in [-0.15, -0.1) is 0 Å². The molecule has 4 rings (SSSR count). The molecule has 0 bridgehead atoms. The molecule has 0 aliphatic carbocycles. The fraction of sp³-hybridized carbons (Fsp3) is 0.385. The molecule has 10 heteroatoms. The number of ketones is 1. The number of hydrogen-bond donors (Lipinski definition) is 0. The maximum atomic E-state index is 12.2. The maximum absolute atomic E-state index is 12.2. The van der Waals surface area contributed by atoms with Gasteiger partial charge in [0.05, 0.1) is 31.0 Å². The molecule has 36 heavy (non-hydrogen) atoms. The molecule has 0 aliphatic heterocycles. The van der Waals surface area contributed by atoms with Gasteiger partial charge in [0.2, 0.25) is 0 Å². The van der Waals surface area contributed by atoms with Crippen molar-refractivity contribution in [1.82, 2.24) is 19.1 Å². The molecule has 0 amide bonds. The Morgan fingerprint density at radius 1 is 1.06 bits per heavy atom. The molecule has 3 aromatic heterocycles. The summed E-state index contributed by atoms with van der Waals surface area (Å²) >= 11 is 0. The summed E-state index contributed by atoms with van der Waals surface area (Å²) in [5.41, 5.74) is 3.53. The van der Waals surface area contributed by atoms with Gasteiger partial charge >= 0.3 is 5.97 Å². The van der Waals surface area contributed by atoms with Crippen LogP contribution in [0.3, 0.4) is 0 Å². The number of esters is 1. The Kier molecular flexibility index (Phi) is 7.01. The summed E-state index contributed by atoms with van der Waals surface area (Å²) in [6.07, 6.45) is 0. The van der Waals surface area contributed by atoms with Crippen LogP contribution in [0.5, 0.6) is 5.75 Å². The lowest BCUT2D eigenvalue weighted by Gasteiger charge is -2.16. The topological polar surface area (TPSA) is 97.5 Å². The summed E-state index contributed by atoms with van der Waals surface area (Å²) in [5, 5.41) is 0.873. The number of Topliss-reactive ketones (excluding diaryl/α,β-unsaturated/α-hetero) is 1. The number of benzene rings is 1. The predicted octanol–water partition coefficient (Wildman–Crippen LogP) is 4.90. The molecular formula is C26H32N4O5Si. The molecule has 0 saturated heterocycles. The lowest BCUT2D eigenvalue weighted by atomic mass is 10.2. The second kappa shape index (κ2) is 9.86. The number of ether oxygens (including phenoxy) is 3. The van der Waals surface area contributed by atoms with Crippen LogP contribution >= 0.6 is 0 Å². The number of methoxy groups -OCH3 is 2. The summed E-state index contributed by atoms with van der Waals surface area (Å²) in [7, 11) is 3.53. The molecule has 0 fully saturated rings. The average Bonchev–Trinajstić information content (AvgIpc) is 3.36. The van der Waals surface area contributed by atoms with Gasteiger partial charge in [-0.2, -0.15) is 0 Å². The fourth-order valence-electron chi connectivity index (χ4n) is 4.10. The van der Waals surface area contributed by atoms with Gasteiger partial charge in [0.15, 0.2) is 11.6 Å². The van der Waals surface area contributed by atoms with E-state index in [-0.39, 0.29) is 12.5 Å². The average molecular weight is 509 g/mol. The summed E-state index contributed by atoms with van der Waals surface area (Å²) in [6.45, 7) is 9.34. The van der Waals surface area contributed by atoms with Gasteiger partial charge in [0.25, 0.3) is 0 Å². The zero-order valence-corrected chi connectivity index (χ0v) is 22.8. The SMILES string of the molecule is COC(=O)c1cc(OC)c2c(c1)nc(-c1cc3ccc(C(C)=O)nc3n1COCC[Si](C)(C)C)n2C. The van der Waals surface area contributed by atoms with Crippen LogP contribution in [-0.4, -0.2) is 59.8 Å². The first-order valence-corrected chi connectivity index (χ1v) is 15.5. The molecule has 0 unspecified atom stereocenters. The number of rotatable bonds is 9. The minimum Gasteiger partial charge on any atom is -0.494 e. The minimum absolute atomic E-state index is 0.103. The summed E-state index contributed by atoms with van der Waals surface area (Å²) in [6, 6.07) is 9.98. The zero-order valence-electron chi connectivity index (χ0n) is 21.8. The fourth-order valence-corrected chi connectivity index (χ4v) is 4.86. The number of carbonyl (C=O) groups excluding carboxylic acids is 2. The van der Waals surface area contributed by atoms with Crippen LogP contribution in [0.25, 0.3) is 33.6 Å². The van der Waals surface area contributed by atoms with Gasteiger partial charge in [0, 0.05) is 34.0 Å². The standard InChI is InChI=1S/C26H32N4O5Si/c1-16(31)19-9-8-17-13-21(30(24(17)27-19)15-35-10-11-36(5,6)7)25-28-20-12-18(26(32)34-4)14-22(33-3)23(20)29(25)2/h8-9,12-14H,10-11,15H2,1-7H3. The maximum Gasteiger partial charge on any atom is 0.338 e. The number of nitrogens with zero attached hydrogens (tertiary/aromatic N) is 4. The van der Waals surface area contributed by atoms with Gasteiger partial charge in [-0.3, -0.25) is 9.36 Å². The third-order valence-electron chi connectivity index (χ3n) is 6.13. The van der Waals surface area contributed by atoms with Crippen LogP contribution in [0.1, 0.15) is 27.8 Å². The van der Waals surface area contributed by atoms with E-state index in [0.717, 1.165) is 22.6 Å². The number of pyridine rings is 1. The van der Waals surface area contributed by atoms with Gasteiger partial charge in [-0.1, -0.05) is 19.6 Å². The summed E-state index contributed by atoms with van der Waals surface area (Å²) in [5.74, 6) is 0.601. The Hall–Kier alpha value is -3.50. The lowest BCUT2D eigenvalue weighted by molar-refractivity contribution is 0.0600. The quantitative estimate of drug-likeness (QED) is 0.137. The molecule has 4 aromatic rings. The number of imidazole rings is 1. The van der Waals surface area contributed by atoms with Crippen LogP contribution in [-0.2, 0) is 23.3 Å². The Morgan fingerprint density at radius 2 is 1.81 bits per heavy atom. The highest BCUT2D eigenvalue weighted by Gasteiger charge is 2.22. The van der Waals surface area contributed by atoms with E-state index in [1.54, 1.807) is 25.3 Å². The van der Waals surface area contributed by atoms with Crippen molar-refractivity contribution in [2.75, 3.05) is 20.8 Å². The highest BCUT2D eigenvalue weighted by Crippen LogP contribution is 2.34. The van der Waals surface area contributed by atoms with Crippen LogP contribution in [0.4, 0.5) is 0 Å². The number of aryl methyl sites for hydroxylation is 1. The third-order valence-corrected chi connectivity index (χ3v) is 7.83. The van der Waals surface area contributed by atoms with Crippen LogP contribution in [0.15, 0.2) is 30.3 Å². The monoisotopic (exact) mass is 508 g/mol. The molecule has 0 saturated carbocycles. The Balaban J connectivity index is 1.88. The van der Waals surface area contributed by atoms with Crippen molar-refractivity contribution in [3.63, 3.8) is 0 Å². The van der Waals surface area contributed by atoms with E-state index >= 15 is 0 Å². The van der Waals surface area contributed by atoms with Gasteiger partial charge in [-0.05, 0) is 36.4 Å². The number of carbonyl (C=O) groups is 2. The molecule has 0 aliphatic rings. The first-order valence-electron chi connectivity index (χ1n) is 11.8. The summed E-state index contributed by atoms with van der Waals surface area (Å²) < 4.78 is 20.4. The number of fused-ring (bicyclic) bond motifs is 2. The molecule has 3 heterocycles. The minimum atomic E-state index is -1.26. The van der Waals surface area contributed by atoms with E-state index in [1.165, 1.54) is 14.0 Å². The van der Waals surface area contributed by atoms with Crippen molar-refractivity contribution in [3.8, 4) is 17.3 Å². The molecule has 1 aromatic carbocycles. The van der Waals surface area contributed by atoms with Crippen LogP contribution in [0.2, 0.25) is 25.7 Å². The molecule has 0 N–H and O–H groups in total. The van der Waals surface area contributed by atoms with E-state index in [4.69, 9.17) is 19.2 Å². The molecule has 0 radical (unpaired) electrons. The normalized spacial score (nSPS) is 11.9. The molecule has 9 nitrogen and oxygen atoms in total. The Bertz CT molecular complexity index is 1470. The van der Waals surface area contributed by atoms with Crippen molar-refractivity contribution in [2.45, 2.75) is 39.3 Å². The number of aromatic nitrogens is 4. The largest absolute Gasteiger partial charge is 0.494 e. The molecule has 190 valence electrons. The van der Waals surface area contributed by atoms with Gasteiger partial charge in [-0.25, -0.2) is 14.8 Å². The van der Waals surface area contributed by atoms with Crippen molar-refractivity contribution in [3.05, 3.63) is 41.6 Å². The van der Waals surface area contributed by atoms with E-state index < -0.39 is 14.0 Å². The summed E-state index contributed by atoms with van der Waals surface area (Å²) in [4.78, 5) is 33.7. The van der Waals surface area contributed by atoms with E-state index in [0.29, 0.717) is 40.6 Å². The van der Waals surface area contributed by atoms with Crippen molar-refractivity contribution in [1.29, 1.82) is 0 Å². The Morgan fingerprint density at radius 3 is 2.44 bits per heavy atom. The van der Waals surface area contributed by atoms with Crippen molar-refractivity contribution in [2.24, 2.45) is 7.05 Å². The van der Waals surface area contributed by atoms with Crippen molar-refractivity contribution < 1.29 is 23.8 Å². The first-order chi connectivity index (χ1) is 17.0. The van der Waals surface area contributed by atoms with Gasteiger partial charge in [0.1, 0.15) is 29.3 Å². The van der Waals surface area contributed by atoms with Gasteiger partial charge < -0.3 is 18.8 Å². The van der Waals surface area contributed by atoms with Crippen LogP contribution < -0.4 is 4.74 Å². The first kappa shape index (κ1) is 25.6. The molecule has 0 spiro atoms. The van der Waals surface area contributed by atoms with Crippen LogP contribution in [0, 0.1) is 0 Å². The lowest BCUT2D eigenvalue weighted by Crippen LogP contribution is -2.22. The van der Waals surface area contributed by atoms with E-state index in [1.807, 2.05) is 28.3 Å². The third kappa shape index (κ3) is 4.91. The smallest absolute Gasteiger partial charge is 0.338 e. The second-order valence-corrected chi connectivity index (χ2v) is 15.6. The molecular weight excluding hydrogens is 476 g/mol. The zero-order chi connectivity index (χ0) is 26.2. The van der Waals surface area contributed by atoms with Crippen molar-refractivity contribution >= 4 is 41.9 Å².